The molecule has 1 unspecified atom stereocenters. The summed E-state index contributed by atoms with van der Waals surface area (Å²) in [6.45, 7) is 1.68. The first-order valence-corrected chi connectivity index (χ1v) is 8.68. The van der Waals surface area contributed by atoms with Gasteiger partial charge in [-0.3, -0.25) is 9.59 Å². The Morgan fingerprint density at radius 2 is 2.12 bits per heavy atom. The van der Waals surface area contributed by atoms with Gasteiger partial charge in [0.2, 0.25) is 5.91 Å². The maximum atomic E-state index is 12.1. The topological polar surface area (TPSA) is 67.4 Å². The van der Waals surface area contributed by atoms with Gasteiger partial charge in [-0.25, -0.2) is 0 Å². The van der Waals surface area contributed by atoms with Crippen LogP contribution in [0, 0.1) is 0 Å². The molecule has 0 saturated heterocycles. The molecule has 5 nitrogen and oxygen atoms in total. The summed E-state index contributed by atoms with van der Waals surface area (Å²) < 4.78 is 5.48. The maximum absolute atomic E-state index is 12.1. The summed E-state index contributed by atoms with van der Waals surface area (Å²) in [4.78, 5) is 24.6. The highest BCUT2D eigenvalue weighted by atomic mass is 35.5. The van der Waals surface area contributed by atoms with Gasteiger partial charge in [-0.2, -0.15) is 0 Å². The van der Waals surface area contributed by atoms with Crippen LogP contribution < -0.4 is 15.4 Å². The van der Waals surface area contributed by atoms with Crippen molar-refractivity contribution in [3.63, 3.8) is 0 Å². The molecule has 0 bridgehead atoms. The van der Waals surface area contributed by atoms with Crippen molar-refractivity contribution >= 4 is 46.6 Å². The van der Waals surface area contributed by atoms with Gasteiger partial charge in [-0.1, -0.05) is 23.7 Å². The molecule has 0 radical (unpaired) electrons. The SMILES string of the molecule is CC1Oc2ccc(NC(=O)CSc3ccccc3Cl)cc2NC1=O. The lowest BCUT2D eigenvalue weighted by atomic mass is 10.2. The van der Waals surface area contributed by atoms with E-state index in [0.717, 1.165) is 4.90 Å². The Hall–Kier alpha value is -2.18. The van der Waals surface area contributed by atoms with E-state index in [0.29, 0.717) is 22.1 Å². The highest BCUT2D eigenvalue weighted by Crippen LogP contribution is 2.32. The number of thioether (sulfide) groups is 1. The van der Waals surface area contributed by atoms with Gasteiger partial charge in [0.25, 0.3) is 5.91 Å². The predicted molar refractivity (Wildman–Crippen MR) is 96.0 cm³/mol. The van der Waals surface area contributed by atoms with Crippen LogP contribution in [0.25, 0.3) is 0 Å². The number of anilines is 2. The number of amides is 2. The lowest BCUT2D eigenvalue weighted by molar-refractivity contribution is -0.122. The Labute approximate surface area is 148 Å². The monoisotopic (exact) mass is 362 g/mol. The number of nitrogens with one attached hydrogen (secondary N) is 2. The smallest absolute Gasteiger partial charge is 0.265 e. The Bertz CT molecular complexity index is 797. The van der Waals surface area contributed by atoms with Crippen molar-refractivity contribution in [1.82, 2.24) is 0 Å². The molecule has 0 fully saturated rings. The zero-order valence-corrected chi connectivity index (χ0v) is 14.4. The third kappa shape index (κ3) is 3.83. The second kappa shape index (κ2) is 7.15. The number of carbonyl (C=O) groups excluding carboxylic acids is 2. The summed E-state index contributed by atoms with van der Waals surface area (Å²) in [6, 6.07) is 12.5. The number of hydrogen-bond donors (Lipinski definition) is 2. The fourth-order valence-corrected chi connectivity index (χ4v) is 3.23. The molecule has 0 aromatic heterocycles. The van der Waals surface area contributed by atoms with Gasteiger partial charge < -0.3 is 15.4 Å². The highest BCUT2D eigenvalue weighted by Gasteiger charge is 2.23. The van der Waals surface area contributed by atoms with E-state index in [1.165, 1.54) is 11.8 Å². The molecule has 3 rings (SSSR count). The first-order chi connectivity index (χ1) is 11.5. The maximum Gasteiger partial charge on any atom is 0.265 e. The normalized spacial score (nSPS) is 15.9. The number of rotatable bonds is 4. The van der Waals surface area contributed by atoms with E-state index >= 15 is 0 Å². The fourth-order valence-electron chi connectivity index (χ4n) is 2.19. The standard InChI is InChI=1S/C17H15ClN2O3S/c1-10-17(22)20-13-8-11(6-7-14(13)23-10)19-16(21)9-24-15-5-3-2-4-12(15)18/h2-8,10H,9H2,1H3,(H,19,21)(H,20,22). The fraction of sp³-hybridized carbons (Fsp3) is 0.176. The molecule has 2 amide bonds. The summed E-state index contributed by atoms with van der Waals surface area (Å²) in [7, 11) is 0. The molecule has 24 heavy (non-hydrogen) atoms. The van der Waals surface area contributed by atoms with Crippen molar-refractivity contribution in [2.45, 2.75) is 17.9 Å². The van der Waals surface area contributed by atoms with Gasteiger partial charge >= 0.3 is 0 Å². The molecular formula is C17H15ClN2O3S. The van der Waals surface area contributed by atoms with Gasteiger partial charge in [0.05, 0.1) is 16.5 Å². The van der Waals surface area contributed by atoms with E-state index in [1.807, 2.05) is 18.2 Å². The Kier molecular flexibility index (Phi) is 4.97. The lowest BCUT2D eigenvalue weighted by Crippen LogP contribution is -2.34. The number of carbonyl (C=O) groups is 2. The molecule has 1 atom stereocenters. The Morgan fingerprint density at radius 1 is 1.33 bits per heavy atom. The van der Waals surface area contributed by atoms with Crippen LogP contribution in [-0.4, -0.2) is 23.7 Å². The number of ether oxygens (including phenoxy) is 1. The van der Waals surface area contributed by atoms with E-state index < -0.39 is 6.10 Å². The van der Waals surface area contributed by atoms with Gasteiger partial charge in [-0.05, 0) is 37.3 Å². The van der Waals surface area contributed by atoms with Crippen LogP contribution in [0.5, 0.6) is 5.75 Å². The molecule has 1 aliphatic heterocycles. The van der Waals surface area contributed by atoms with Crippen LogP contribution in [0.15, 0.2) is 47.4 Å². The molecule has 1 heterocycles. The van der Waals surface area contributed by atoms with E-state index in [-0.39, 0.29) is 17.6 Å². The highest BCUT2D eigenvalue weighted by molar-refractivity contribution is 8.00. The minimum absolute atomic E-state index is 0.156. The van der Waals surface area contributed by atoms with Gasteiger partial charge in [0, 0.05) is 10.6 Å². The minimum atomic E-state index is -0.523. The quantitative estimate of drug-likeness (QED) is 0.812. The van der Waals surface area contributed by atoms with E-state index in [2.05, 4.69) is 10.6 Å². The number of benzene rings is 2. The zero-order valence-electron chi connectivity index (χ0n) is 12.8. The zero-order chi connectivity index (χ0) is 17.1. The molecule has 1 aliphatic rings. The molecule has 0 aliphatic carbocycles. The molecule has 2 N–H and O–H groups in total. The predicted octanol–water partition coefficient (Wildman–Crippen LogP) is 3.79. The van der Waals surface area contributed by atoms with Crippen LogP contribution in [0.4, 0.5) is 11.4 Å². The van der Waals surface area contributed by atoms with Gasteiger partial charge in [0.15, 0.2) is 6.10 Å². The second-order valence-electron chi connectivity index (χ2n) is 5.23. The largest absolute Gasteiger partial charge is 0.479 e. The summed E-state index contributed by atoms with van der Waals surface area (Å²) in [5.41, 5.74) is 1.15. The van der Waals surface area contributed by atoms with Gasteiger partial charge in [0.1, 0.15) is 5.75 Å². The first-order valence-electron chi connectivity index (χ1n) is 7.31. The number of fused-ring (bicyclic) bond motifs is 1. The third-order valence-electron chi connectivity index (χ3n) is 3.39. The van der Waals surface area contributed by atoms with Crippen molar-refractivity contribution in [2.24, 2.45) is 0 Å². The van der Waals surface area contributed by atoms with Crippen molar-refractivity contribution in [2.75, 3.05) is 16.4 Å². The van der Waals surface area contributed by atoms with Crippen molar-refractivity contribution < 1.29 is 14.3 Å². The summed E-state index contributed by atoms with van der Waals surface area (Å²) in [5.74, 6) is 0.461. The minimum Gasteiger partial charge on any atom is -0.479 e. The Balaban J connectivity index is 1.62. The average molecular weight is 363 g/mol. The number of hydrogen-bond acceptors (Lipinski definition) is 4. The van der Waals surface area contributed by atoms with E-state index in [4.69, 9.17) is 16.3 Å². The molecule has 0 spiro atoms. The summed E-state index contributed by atoms with van der Waals surface area (Å²) in [5, 5.41) is 6.17. The number of halogens is 1. The summed E-state index contributed by atoms with van der Waals surface area (Å²) >= 11 is 7.43. The summed E-state index contributed by atoms with van der Waals surface area (Å²) in [6.07, 6.45) is -0.523. The van der Waals surface area contributed by atoms with Crippen LogP contribution in [0.2, 0.25) is 5.02 Å². The van der Waals surface area contributed by atoms with E-state index in [1.54, 1.807) is 31.2 Å². The van der Waals surface area contributed by atoms with Crippen molar-refractivity contribution in [1.29, 1.82) is 0 Å². The lowest BCUT2D eigenvalue weighted by Gasteiger charge is -2.23. The van der Waals surface area contributed by atoms with Crippen molar-refractivity contribution in [3.05, 3.63) is 47.5 Å². The van der Waals surface area contributed by atoms with Crippen LogP contribution in [0.3, 0.4) is 0 Å². The van der Waals surface area contributed by atoms with Crippen LogP contribution in [0.1, 0.15) is 6.92 Å². The second-order valence-corrected chi connectivity index (χ2v) is 6.65. The van der Waals surface area contributed by atoms with E-state index in [9.17, 15) is 9.59 Å². The molecular weight excluding hydrogens is 348 g/mol. The molecule has 2 aromatic carbocycles. The first kappa shape index (κ1) is 16.7. The molecule has 2 aromatic rings. The molecule has 0 saturated carbocycles. The molecule has 124 valence electrons. The van der Waals surface area contributed by atoms with Crippen molar-refractivity contribution in [3.8, 4) is 5.75 Å². The van der Waals surface area contributed by atoms with Crippen LogP contribution in [-0.2, 0) is 9.59 Å². The van der Waals surface area contributed by atoms with Crippen LogP contribution >= 0.6 is 23.4 Å². The molecule has 7 heteroatoms. The Morgan fingerprint density at radius 3 is 2.92 bits per heavy atom. The third-order valence-corrected chi connectivity index (χ3v) is 4.90. The van der Waals surface area contributed by atoms with Gasteiger partial charge in [-0.15, -0.1) is 11.8 Å². The average Bonchev–Trinajstić information content (AvgIpc) is 2.55.